The smallest absolute Gasteiger partial charge is 0.0409 e. The van der Waals surface area contributed by atoms with Gasteiger partial charge in [0.2, 0.25) is 0 Å². The molecule has 1 atom stereocenters. The van der Waals surface area contributed by atoms with Crippen molar-refractivity contribution in [2.24, 2.45) is 23.2 Å². The van der Waals surface area contributed by atoms with Gasteiger partial charge < -0.3 is 0 Å². The van der Waals surface area contributed by atoms with Crippen LogP contribution in [0.15, 0.2) is 18.2 Å². The van der Waals surface area contributed by atoms with Gasteiger partial charge in [0.1, 0.15) is 0 Å². The van der Waals surface area contributed by atoms with Crippen molar-refractivity contribution in [1.29, 1.82) is 0 Å². The molecule has 0 N–H and O–H groups in total. The molecule has 1 heterocycles. The van der Waals surface area contributed by atoms with Crippen molar-refractivity contribution in [3.8, 4) is 0 Å². The highest BCUT2D eigenvalue weighted by molar-refractivity contribution is 5.12. The number of hydrogen-bond acceptors (Lipinski definition) is 1. The molecule has 1 fully saturated rings. The Morgan fingerprint density at radius 3 is 2.50 bits per heavy atom. The lowest BCUT2D eigenvalue weighted by molar-refractivity contribution is 0.186. The van der Waals surface area contributed by atoms with Crippen LogP contribution >= 0.6 is 0 Å². The number of hydrogen-bond donors (Lipinski definition) is 0. The van der Waals surface area contributed by atoms with E-state index in [1.54, 1.807) is 0 Å². The molecule has 1 aliphatic carbocycles. The summed E-state index contributed by atoms with van der Waals surface area (Å²) >= 11 is 0. The van der Waals surface area contributed by atoms with Crippen molar-refractivity contribution in [3.05, 3.63) is 29.6 Å². The van der Waals surface area contributed by atoms with E-state index in [0.29, 0.717) is 5.41 Å². The number of aromatic nitrogens is 1. The first-order chi connectivity index (χ1) is 11.4. The highest BCUT2D eigenvalue weighted by atomic mass is 14.7. The number of rotatable bonds is 10. The van der Waals surface area contributed by atoms with Crippen LogP contribution in [0.4, 0.5) is 0 Å². The lowest BCUT2D eigenvalue weighted by Gasteiger charge is -2.34. The maximum Gasteiger partial charge on any atom is 0.0409 e. The van der Waals surface area contributed by atoms with Crippen molar-refractivity contribution in [2.45, 2.75) is 92.4 Å². The molecule has 136 valence electrons. The molecule has 1 aromatic rings. The Kier molecular flexibility index (Phi) is 7.32. The van der Waals surface area contributed by atoms with E-state index in [9.17, 15) is 0 Å². The average molecular weight is 330 g/mol. The Balaban J connectivity index is 1.77. The van der Waals surface area contributed by atoms with E-state index in [-0.39, 0.29) is 0 Å². The maximum absolute atomic E-state index is 4.95. The summed E-state index contributed by atoms with van der Waals surface area (Å²) in [6.07, 6.45) is 11.8. The van der Waals surface area contributed by atoms with Gasteiger partial charge in [0.15, 0.2) is 0 Å². The predicted molar refractivity (Wildman–Crippen MR) is 105 cm³/mol. The minimum Gasteiger partial charge on any atom is -0.258 e. The highest BCUT2D eigenvalue weighted by Crippen LogP contribution is 2.37. The third-order valence-corrected chi connectivity index (χ3v) is 5.99. The molecule has 1 heteroatoms. The summed E-state index contributed by atoms with van der Waals surface area (Å²) in [5, 5.41) is 0. The second-order valence-corrected chi connectivity index (χ2v) is 9.20. The van der Waals surface area contributed by atoms with Gasteiger partial charge in [-0.3, -0.25) is 4.98 Å². The normalized spacial score (nSPS) is 22.2. The summed E-state index contributed by atoms with van der Waals surface area (Å²) < 4.78 is 0. The molecule has 1 saturated carbocycles. The van der Waals surface area contributed by atoms with Crippen LogP contribution in [0.2, 0.25) is 0 Å². The molecule has 0 spiro atoms. The van der Waals surface area contributed by atoms with Crippen LogP contribution in [-0.4, -0.2) is 4.98 Å². The molecule has 0 aromatic carbocycles. The fourth-order valence-corrected chi connectivity index (χ4v) is 4.67. The number of pyridine rings is 1. The Morgan fingerprint density at radius 2 is 1.83 bits per heavy atom. The zero-order chi connectivity index (χ0) is 17.6. The van der Waals surface area contributed by atoms with Gasteiger partial charge in [0, 0.05) is 11.4 Å². The van der Waals surface area contributed by atoms with Gasteiger partial charge in [0.25, 0.3) is 0 Å². The van der Waals surface area contributed by atoms with E-state index >= 15 is 0 Å². The van der Waals surface area contributed by atoms with Gasteiger partial charge in [-0.25, -0.2) is 0 Å². The zero-order valence-electron chi connectivity index (χ0n) is 16.8. The SMILES string of the molecule is CCCC(C)(C)CC(C)CCc1cccc(CC2CC(CC)C2)n1. The zero-order valence-corrected chi connectivity index (χ0v) is 16.8. The Bertz CT molecular complexity index is 485. The first-order valence-corrected chi connectivity index (χ1v) is 10.4. The molecule has 1 aliphatic rings. The molecule has 1 nitrogen and oxygen atoms in total. The lowest BCUT2D eigenvalue weighted by Crippen LogP contribution is -2.25. The molecule has 1 unspecified atom stereocenters. The lowest BCUT2D eigenvalue weighted by atomic mass is 9.71. The van der Waals surface area contributed by atoms with E-state index in [2.05, 4.69) is 52.8 Å². The molecule has 0 amide bonds. The second kappa shape index (κ2) is 9.02. The van der Waals surface area contributed by atoms with E-state index in [0.717, 1.165) is 24.2 Å². The fraction of sp³-hybridized carbons (Fsp3) is 0.783. The van der Waals surface area contributed by atoms with Crippen molar-refractivity contribution in [1.82, 2.24) is 4.98 Å². The van der Waals surface area contributed by atoms with Gasteiger partial charge in [-0.1, -0.05) is 53.5 Å². The summed E-state index contributed by atoms with van der Waals surface area (Å²) in [6.45, 7) is 11.9. The summed E-state index contributed by atoms with van der Waals surface area (Å²) in [6, 6.07) is 6.68. The third kappa shape index (κ3) is 6.22. The Hall–Kier alpha value is -0.850. The van der Waals surface area contributed by atoms with Crippen LogP contribution in [0.25, 0.3) is 0 Å². The van der Waals surface area contributed by atoms with Crippen molar-refractivity contribution >= 4 is 0 Å². The van der Waals surface area contributed by atoms with E-state index in [4.69, 9.17) is 4.98 Å². The van der Waals surface area contributed by atoms with Crippen molar-refractivity contribution in [2.75, 3.05) is 0 Å². The molecule has 0 radical (unpaired) electrons. The fourth-order valence-electron chi connectivity index (χ4n) is 4.67. The predicted octanol–water partition coefficient (Wildman–Crippen LogP) is 6.85. The van der Waals surface area contributed by atoms with Crippen molar-refractivity contribution in [3.63, 3.8) is 0 Å². The summed E-state index contributed by atoms with van der Waals surface area (Å²) in [4.78, 5) is 4.95. The minimum absolute atomic E-state index is 0.490. The molecule has 2 rings (SSSR count). The third-order valence-electron chi connectivity index (χ3n) is 5.99. The van der Waals surface area contributed by atoms with Crippen molar-refractivity contribution < 1.29 is 0 Å². The van der Waals surface area contributed by atoms with Gasteiger partial charge >= 0.3 is 0 Å². The maximum atomic E-state index is 4.95. The number of nitrogens with zero attached hydrogens (tertiary/aromatic N) is 1. The molecule has 0 saturated heterocycles. The first kappa shape index (κ1) is 19.5. The van der Waals surface area contributed by atoms with Gasteiger partial charge in [-0.2, -0.15) is 0 Å². The van der Waals surface area contributed by atoms with Gasteiger partial charge in [-0.15, -0.1) is 0 Å². The largest absolute Gasteiger partial charge is 0.258 e. The highest BCUT2D eigenvalue weighted by Gasteiger charge is 2.27. The van der Waals surface area contributed by atoms with Gasteiger partial charge in [-0.05, 0) is 80.2 Å². The standard InChI is InChI=1S/C23H39N/c1-6-13-23(4,5)17-18(3)11-12-21-9-8-10-22(24-21)16-20-14-19(7-2)15-20/h8-10,18-20H,6-7,11-17H2,1-5H3. The van der Waals surface area contributed by atoms with Crippen LogP contribution < -0.4 is 0 Å². The molecule has 0 aliphatic heterocycles. The van der Waals surface area contributed by atoms with Crippen LogP contribution in [0.5, 0.6) is 0 Å². The van der Waals surface area contributed by atoms with Crippen LogP contribution in [-0.2, 0) is 12.8 Å². The van der Waals surface area contributed by atoms with E-state index in [1.165, 1.54) is 62.8 Å². The molecule has 1 aromatic heterocycles. The average Bonchev–Trinajstić information content (AvgIpc) is 2.48. The molecular formula is C23H39N. The van der Waals surface area contributed by atoms with Crippen LogP contribution in [0.3, 0.4) is 0 Å². The molecule has 0 bridgehead atoms. The first-order valence-electron chi connectivity index (χ1n) is 10.4. The van der Waals surface area contributed by atoms with E-state index in [1.807, 2.05) is 0 Å². The topological polar surface area (TPSA) is 12.9 Å². The quantitative estimate of drug-likeness (QED) is 0.457. The van der Waals surface area contributed by atoms with E-state index < -0.39 is 0 Å². The minimum atomic E-state index is 0.490. The second-order valence-electron chi connectivity index (χ2n) is 9.20. The summed E-state index contributed by atoms with van der Waals surface area (Å²) in [5.74, 6) is 2.67. The van der Waals surface area contributed by atoms with Crippen LogP contribution in [0, 0.1) is 23.2 Å². The molecule has 24 heavy (non-hydrogen) atoms. The summed E-state index contributed by atoms with van der Waals surface area (Å²) in [5.41, 5.74) is 3.12. The monoisotopic (exact) mass is 329 g/mol. The number of aryl methyl sites for hydroxylation is 1. The Labute approximate surface area is 150 Å². The van der Waals surface area contributed by atoms with Crippen LogP contribution in [0.1, 0.15) is 91.0 Å². The van der Waals surface area contributed by atoms with Gasteiger partial charge in [0.05, 0.1) is 0 Å². The summed E-state index contributed by atoms with van der Waals surface area (Å²) in [7, 11) is 0. The molecular weight excluding hydrogens is 290 g/mol. The Morgan fingerprint density at radius 1 is 1.12 bits per heavy atom.